The van der Waals surface area contributed by atoms with Crippen LogP contribution in [-0.4, -0.2) is 42.4 Å². The van der Waals surface area contributed by atoms with E-state index in [2.05, 4.69) is 43.0 Å². The summed E-state index contributed by atoms with van der Waals surface area (Å²) < 4.78 is 5.61. The largest absolute Gasteiger partial charge is 0.389 e. The highest BCUT2D eigenvalue weighted by Crippen LogP contribution is 2.15. The van der Waals surface area contributed by atoms with E-state index in [0.717, 1.165) is 31.1 Å². The number of hydrogen-bond acceptors (Lipinski definition) is 3. The lowest BCUT2D eigenvalue weighted by molar-refractivity contribution is 0.00377. The molecule has 1 fully saturated rings. The molecule has 3 heteroatoms. The van der Waals surface area contributed by atoms with Crippen molar-refractivity contribution in [1.29, 1.82) is 0 Å². The van der Waals surface area contributed by atoms with E-state index >= 15 is 0 Å². The summed E-state index contributed by atoms with van der Waals surface area (Å²) >= 11 is 0. The maximum absolute atomic E-state index is 10.0. The number of ether oxygens (including phenoxy) is 1. The molecule has 20 heavy (non-hydrogen) atoms. The van der Waals surface area contributed by atoms with Gasteiger partial charge >= 0.3 is 0 Å². The topological polar surface area (TPSA) is 32.7 Å². The fourth-order valence-corrected chi connectivity index (χ4v) is 2.80. The Morgan fingerprint density at radius 2 is 2.10 bits per heavy atom. The van der Waals surface area contributed by atoms with Crippen LogP contribution in [0.25, 0.3) is 0 Å². The Kier molecular flexibility index (Phi) is 6.02. The summed E-state index contributed by atoms with van der Waals surface area (Å²) in [7, 11) is 0. The first-order chi connectivity index (χ1) is 9.63. The lowest BCUT2D eigenvalue weighted by Crippen LogP contribution is -2.40. The summed E-state index contributed by atoms with van der Waals surface area (Å²) in [6.45, 7) is 8.31. The van der Waals surface area contributed by atoms with Crippen molar-refractivity contribution in [1.82, 2.24) is 4.90 Å². The zero-order valence-electron chi connectivity index (χ0n) is 12.7. The van der Waals surface area contributed by atoms with E-state index in [-0.39, 0.29) is 6.10 Å². The van der Waals surface area contributed by atoms with Crippen molar-refractivity contribution in [3.63, 3.8) is 0 Å². The van der Waals surface area contributed by atoms with Crippen LogP contribution in [0.2, 0.25) is 0 Å². The molecule has 2 atom stereocenters. The predicted octanol–water partition coefficient (Wildman–Crippen LogP) is 2.60. The van der Waals surface area contributed by atoms with Gasteiger partial charge in [0.2, 0.25) is 0 Å². The lowest BCUT2D eigenvalue weighted by atomic mass is 10.0. The molecule has 1 aliphatic heterocycles. The SMILES string of the molecule is Cc1ccc(COC[C@H](O)CN2CCC[C@@H](C)C2)cc1. The van der Waals surface area contributed by atoms with Gasteiger partial charge in [-0.2, -0.15) is 0 Å². The van der Waals surface area contributed by atoms with E-state index in [1.807, 2.05) is 0 Å². The average molecular weight is 277 g/mol. The van der Waals surface area contributed by atoms with Gasteiger partial charge in [-0.1, -0.05) is 36.8 Å². The minimum Gasteiger partial charge on any atom is -0.389 e. The number of aliphatic hydroxyl groups is 1. The number of piperidine rings is 1. The van der Waals surface area contributed by atoms with Crippen molar-refractivity contribution in [2.45, 2.75) is 39.4 Å². The van der Waals surface area contributed by atoms with Crippen LogP contribution in [0.5, 0.6) is 0 Å². The molecular formula is C17H27NO2. The summed E-state index contributed by atoms with van der Waals surface area (Å²) in [5.74, 6) is 0.754. The van der Waals surface area contributed by atoms with E-state index in [1.54, 1.807) is 0 Å². The molecule has 0 saturated carbocycles. The van der Waals surface area contributed by atoms with Crippen LogP contribution in [0.15, 0.2) is 24.3 Å². The summed E-state index contributed by atoms with van der Waals surface area (Å²) in [6.07, 6.45) is 2.18. The summed E-state index contributed by atoms with van der Waals surface area (Å²) in [6, 6.07) is 8.33. The molecule has 0 amide bonds. The third-order valence-corrected chi connectivity index (χ3v) is 3.91. The Bertz CT molecular complexity index is 390. The van der Waals surface area contributed by atoms with Gasteiger partial charge in [-0.3, -0.25) is 0 Å². The maximum atomic E-state index is 10.0. The van der Waals surface area contributed by atoms with Gasteiger partial charge in [-0.05, 0) is 37.8 Å². The molecule has 1 heterocycles. The van der Waals surface area contributed by atoms with Gasteiger partial charge in [0.25, 0.3) is 0 Å². The number of hydrogen-bond donors (Lipinski definition) is 1. The summed E-state index contributed by atoms with van der Waals surface area (Å²) in [5, 5.41) is 10.0. The van der Waals surface area contributed by atoms with Crippen LogP contribution in [0.1, 0.15) is 30.9 Å². The van der Waals surface area contributed by atoms with Gasteiger partial charge in [-0.25, -0.2) is 0 Å². The van der Waals surface area contributed by atoms with Crippen LogP contribution >= 0.6 is 0 Å². The maximum Gasteiger partial charge on any atom is 0.0900 e. The molecule has 3 nitrogen and oxygen atoms in total. The van der Waals surface area contributed by atoms with E-state index in [0.29, 0.717) is 13.2 Å². The fraction of sp³-hybridized carbons (Fsp3) is 0.647. The number of nitrogens with zero attached hydrogens (tertiary/aromatic N) is 1. The fourth-order valence-electron chi connectivity index (χ4n) is 2.80. The van der Waals surface area contributed by atoms with E-state index in [1.165, 1.54) is 18.4 Å². The molecule has 1 saturated heterocycles. The van der Waals surface area contributed by atoms with E-state index in [4.69, 9.17) is 4.74 Å². The van der Waals surface area contributed by atoms with Crippen LogP contribution in [-0.2, 0) is 11.3 Å². The number of aliphatic hydroxyl groups excluding tert-OH is 1. The van der Waals surface area contributed by atoms with Crippen molar-refractivity contribution in [3.05, 3.63) is 35.4 Å². The van der Waals surface area contributed by atoms with Gasteiger partial charge < -0.3 is 14.7 Å². The summed E-state index contributed by atoms with van der Waals surface area (Å²) in [5.41, 5.74) is 2.42. The molecule has 0 spiro atoms. The molecule has 1 aromatic rings. The highest BCUT2D eigenvalue weighted by Gasteiger charge is 2.18. The molecule has 0 radical (unpaired) electrons. The average Bonchev–Trinajstić information content (AvgIpc) is 2.41. The molecule has 1 N–H and O–H groups in total. The van der Waals surface area contributed by atoms with Gasteiger partial charge in [-0.15, -0.1) is 0 Å². The Hall–Kier alpha value is -0.900. The first kappa shape index (κ1) is 15.5. The van der Waals surface area contributed by atoms with Crippen LogP contribution in [0.3, 0.4) is 0 Å². The standard InChI is InChI=1S/C17H27NO2/c1-14-5-7-16(8-6-14)12-20-13-17(19)11-18-9-3-4-15(2)10-18/h5-8,15,17,19H,3-4,9-13H2,1-2H3/t15-,17-/m1/s1. The minimum absolute atomic E-state index is 0.384. The van der Waals surface area contributed by atoms with Crippen molar-refractivity contribution in [3.8, 4) is 0 Å². The number of aryl methyl sites for hydroxylation is 1. The second-order valence-corrected chi connectivity index (χ2v) is 6.16. The molecule has 2 rings (SSSR count). The Morgan fingerprint density at radius 3 is 2.80 bits per heavy atom. The molecule has 0 unspecified atom stereocenters. The zero-order chi connectivity index (χ0) is 14.4. The van der Waals surface area contributed by atoms with Crippen LogP contribution < -0.4 is 0 Å². The van der Waals surface area contributed by atoms with Crippen molar-refractivity contribution in [2.24, 2.45) is 5.92 Å². The highest BCUT2D eigenvalue weighted by molar-refractivity contribution is 5.20. The predicted molar refractivity (Wildman–Crippen MR) is 81.7 cm³/mol. The third-order valence-electron chi connectivity index (χ3n) is 3.91. The highest BCUT2D eigenvalue weighted by atomic mass is 16.5. The second kappa shape index (κ2) is 7.77. The molecule has 1 aliphatic rings. The third kappa shape index (κ3) is 5.23. The van der Waals surface area contributed by atoms with Crippen molar-refractivity contribution < 1.29 is 9.84 Å². The van der Waals surface area contributed by atoms with Gasteiger partial charge in [0, 0.05) is 13.1 Å². The Morgan fingerprint density at radius 1 is 1.35 bits per heavy atom. The van der Waals surface area contributed by atoms with Crippen molar-refractivity contribution >= 4 is 0 Å². The van der Waals surface area contributed by atoms with Crippen molar-refractivity contribution in [2.75, 3.05) is 26.2 Å². The first-order valence-corrected chi connectivity index (χ1v) is 7.67. The molecule has 112 valence electrons. The van der Waals surface area contributed by atoms with Gasteiger partial charge in [0.05, 0.1) is 19.3 Å². The van der Waals surface area contributed by atoms with Crippen LogP contribution in [0.4, 0.5) is 0 Å². The smallest absolute Gasteiger partial charge is 0.0900 e. The number of β-amino-alcohol motifs (C(OH)–C–C–N with tert-alkyl or cyclic N) is 1. The molecular weight excluding hydrogens is 250 g/mol. The first-order valence-electron chi connectivity index (χ1n) is 7.67. The quantitative estimate of drug-likeness (QED) is 0.867. The number of benzene rings is 1. The van der Waals surface area contributed by atoms with Gasteiger partial charge in [0.15, 0.2) is 0 Å². The zero-order valence-corrected chi connectivity index (χ0v) is 12.7. The second-order valence-electron chi connectivity index (χ2n) is 6.16. The molecule has 0 bridgehead atoms. The normalized spacial score (nSPS) is 21.9. The van der Waals surface area contributed by atoms with E-state index < -0.39 is 0 Å². The molecule has 1 aromatic carbocycles. The Balaban J connectivity index is 1.64. The number of rotatable bonds is 6. The molecule has 0 aromatic heterocycles. The van der Waals surface area contributed by atoms with E-state index in [9.17, 15) is 5.11 Å². The minimum atomic E-state index is -0.384. The van der Waals surface area contributed by atoms with Crippen LogP contribution in [0, 0.1) is 12.8 Å². The monoisotopic (exact) mass is 277 g/mol. The number of likely N-dealkylation sites (tertiary alicyclic amines) is 1. The lowest BCUT2D eigenvalue weighted by Gasteiger charge is -2.32. The Labute approximate surface area is 122 Å². The van der Waals surface area contributed by atoms with Gasteiger partial charge in [0.1, 0.15) is 0 Å². The summed E-state index contributed by atoms with van der Waals surface area (Å²) in [4.78, 5) is 2.36. The molecule has 0 aliphatic carbocycles.